The smallest absolute Gasteiger partial charge is 0.0726 e. The van der Waals surface area contributed by atoms with Crippen molar-refractivity contribution >= 4 is 38.6 Å². The zero-order chi connectivity index (χ0) is 63.2. The molecule has 0 aromatic heterocycles. The van der Waals surface area contributed by atoms with Crippen LogP contribution in [0.25, 0.3) is 88.3 Å². The van der Waals surface area contributed by atoms with Crippen LogP contribution in [0.3, 0.4) is 0 Å². The minimum atomic E-state index is -0.859. The van der Waals surface area contributed by atoms with Gasteiger partial charge in [0.1, 0.15) is 0 Å². The van der Waals surface area contributed by atoms with E-state index in [0.717, 1.165) is 72.3 Å². The Bertz CT molecular complexity index is 5190. The second-order valence-corrected chi connectivity index (χ2v) is 19.4. The molecule has 0 atom stereocenters. The molecule has 0 aliphatic heterocycles. The lowest BCUT2D eigenvalue weighted by Gasteiger charge is -2.32. The zero-order valence-corrected chi connectivity index (χ0v) is 39.5. The third-order valence-corrected chi connectivity index (χ3v) is 15.3. The molecule has 0 N–H and O–H groups in total. The summed E-state index contributed by atoms with van der Waals surface area (Å²) in [6, 6.07) is 40.2. The van der Waals surface area contributed by atoms with E-state index in [9.17, 15) is 13.7 Å². The van der Waals surface area contributed by atoms with Gasteiger partial charge in [-0.3, -0.25) is 0 Å². The van der Waals surface area contributed by atoms with E-state index in [1.807, 2.05) is 84.9 Å². The van der Waals surface area contributed by atoms with Gasteiger partial charge in [0.05, 0.1) is 28.7 Å². The van der Waals surface area contributed by atoms with Crippen molar-refractivity contribution in [2.75, 3.05) is 4.90 Å². The molecule has 0 saturated heterocycles. The second-order valence-electron chi connectivity index (χ2n) is 19.4. The molecule has 0 fully saturated rings. The number of nitrogens with zero attached hydrogens (tertiary/aromatic N) is 1. The lowest BCUT2D eigenvalue weighted by Crippen LogP contribution is -2.26. The summed E-state index contributed by atoms with van der Waals surface area (Å²) in [7, 11) is 0. The van der Waals surface area contributed by atoms with Gasteiger partial charge in [-0.25, -0.2) is 0 Å². The Balaban J connectivity index is 1.02. The SMILES string of the molecule is [2H]c1c([2H])c(N(c2cccc(-c3ccc4c(c3)C(C)(C)c3ccccc3-4)c2)c2ccc3c(c2)C2(c4ccccc4-c4ccccc42)c2ccccc2-3)c([2H])c([2H])c1-c1c([2H])c([2H])c2c([2H])c([2H])c([2H])c([2H])c2c1-c1c([2H])c([2H])c2c([2H])c([2H])c([2H])c([2H])c2c1[2H]. The van der Waals surface area contributed by atoms with E-state index in [1.54, 1.807) is 4.90 Å². The molecule has 342 valence electrons. The van der Waals surface area contributed by atoms with Gasteiger partial charge in [-0.2, -0.15) is 0 Å². The molecular formula is C72H49N. The third kappa shape index (κ3) is 6.03. The van der Waals surface area contributed by atoms with Gasteiger partial charge in [0.15, 0.2) is 0 Å². The molecular weight excluding hydrogens is 879 g/mol. The maximum absolute atomic E-state index is 10.3. The van der Waals surface area contributed by atoms with Crippen LogP contribution in [0.1, 0.15) is 70.5 Å². The maximum Gasteiger partial charge on any atom is 0.0726 e. The molecule has 73 heavy (non-hydrogen) atoms. The van der Waals surface area contributed by atoms with E-state index in [-0.39, 0.29) is 11.1 Å². The predicted octanol–water partition coefficient (Wildman–Crippen LogP) is 19.1. The molecule has 0 unspecified atom stereocenters. The summed E-state index contributed by atoms with van der Waals surface area (Å²) >= 11 is 0. The molecule has 0 saturated carbocycles. The fourth-order valence-corrected chi connectivity index (χ4v) is 12.1. The van der Waals surface area contributed by atoms with Crippen molar-refractivity contribution in [1.82, 2.24) is 0 Å². The summed E-state index contributed by atoms with van der Waals surface area (Å²) < 4.78 is 160. The molecule has 1 spiro atoms. The second kappa shape index (κ2) is 15.7. The Morgan fingerprint density at radius 3 is 1.58 bits per heavy atom. The van der Waals surface area contributed by atoms with E-state index < -0.39 is 152 Å². The van der Waals surface area contributed by atoms with E-state index in [1.165, 1.54) is 5.56 Å². The molecule has 0 radical (unpaired) electrons. The number of hydrogen-bond acceptors (Lipinski definition) is 1. The quantitative estimate of drug-likeness (QED) is 0.161. The van der Waals surface area contributed by atoms with Crippen LogP contribution in [0.5, 0.6) is 0 Å². The Kier molecular flexibility index (Phi) is 6.06. The Hall–Kier alpha value is -9.04. The summed E-state index contributed by atoms with van der Waals surface area (Å²) in [5.41, 5.74) is 11.5. The van der Waals surface area contributed by atoms with Crippen molar-refractivity contribution in [2.45, 2.75) is 24.7 Å². The van der Waals surface area contributed by atoms with Gasteiger partial charge in [0, 0.05) is 22.5 Å². The first-order chi connectivity index (χ1) is 43.0. The topological polar surface area (TPSA) is 3.24 Å². The zero-order valence-electron chi connectivity index (χ0n) is 56.5. The van der Waals surface area contributed by atoms with E-state index >= 15 is 0 Å². The third-order valence-electron chi connectivity index (χ3n) is 15.3. The Morgan fingerprint density at radius 2 is 0.863 bits per heavy atom. The van der Waals surface area contributed by atoms with Crippen LogP contribution in [-0.2, 0) is 10.8 Å². The minimum absolute atomic E-state index is 0.229. The average molecular weight is 945 g/mol. The van der Waals surface area contributed by atoms with Gasteiger partial charge in [-0.1, -0.05) is 226 Å². The first-order valence-electron chi connectivity index (χ1n) is 32.8. The summed E-state index contributed by atoms with van der Waals surface area (Å²) in [5, 5.41) is -2.09. The first-order valence-corrected chi connectivity index (χ1v) is 24.3. The molecule has 0 heterocycles. The largest absolute Gasteiger partial charge is 0.310 e. The highest BCUT2D eigenvalue weighted by atomic mass is 15.1. The molecule has 0 bridgehead atoms. The minimum Gasteiger partial charge on any atom is -0.310 e. The highest BCUT2D eigenvalue weighted by Gasteiger charge is 2.51. The van der Waals surface area contributed by atoms with Crippen LogP contribution < -0.4 is 4.90 Å². The molecule has 15 rings (SSSR count). The normalized spacial score (nSPS) is 17.1. The Morgan fingerprint density at radius 1 is 0.329 bits per heavy atom. The average Bonchev–Trinajstić information content (AvgIpc) is 1.44. The van der Waals surface area contributed by atoms with Crippen LogP contribution >= 0.6 is 0 Å². The molecule has 12 aromatic rings. The molecule has 3 aliphatic rings. The van der Waals surface area contributed by atoms with Crippen molar-refractivity contribution in [2.24, 2.45) is 0 Å². The summed E-state index contributed by atoms with van der Waals surface area (Å²) in [5.74, 6) is 0. The summed E-state index contributed by atoms with van der Waals surface area (Å²) in [4.78, 5) is 1.69. The van der Waals surface area contributed by atoms with Crippen molar-refractivity contribution in [1.29, 1.82) is 0 Å². The van der Waals surface area contributed by atoms with E-state index in [2.05, 4.69) is 86.6 Å². The van der Waals surface area contributed by atoms with Crippen LogP contribution in [0.15, 0.2) is 260 Å². The fourth-order valence-electron chi connectivity index (χ4n) is 12.1. The van der Waals surface area contributed by atoms with Crippen LogP contribution in [0.2, 0.25) is 0 Å². The fraction of sp³-hybridized carbons (Fsp3) is 0.0556. The van der Waals surface area contributed by atoms with Crippen LogP contribution in [0, 0.1) is 0 Å². The van der Waals surface area contributed by atoms with E-state index in [0.29, 0.717) is 11.4 Å². The highest BCUT2D eigenvalue weighted by Crippen LogP contribution is 2.63. The lowest BCUT2D eigenvalue weighted by molar-refractivity contribution is 0.660. The van der Waals surface area contributed by atoms with Crippen LogP contribution in [-0.4, -0.2) is 0 Å². The van der Waals surface area contributed by atoms with Gasteiger partial charge in [-0.05, 0) is 170 Å². The van der Waals surface area contributed by atoms with Crippen molar-refractivity contribution in [3.8, 4) is 66.8 Å². The first kappa shape index (κ1) is 28.1. The number of fused-ring (bicyclic) bond motifs is 15. The van der Waals surface area contributed by atoms with Crippen molar-refractivity contribution in [3.63, 3.8) is 0 Å². The van der Waals surface area contributed by atoms with Gasteiger partial charge < -0.3 is 4.90 Å². The standard InChI is InChI=1S/C72H49N/c1-71(2)64-26-11-7-22-58(64)62-40-35-51(44-68(62)71)50-19-15-20-54(43-50)73(53-36-32-48(33-37-53)57-39-34-47-17-5-6-21-56(47)70(57)52-31-30-46-16-3-4-18-49(46)42-52)55-38-41-63-61-25-10-14-29-67(61)72(69(63)45-55)65-27-12-8-23-59(65)60-24-9-13-28-66(60)72/h3-45H,1-2H3/i3D,4D,5D,6D,16D,17D,18D,21D,30D,31D,32D,33D,34D,36D,37D,39D,42D. The van der Waals surface area contributed by atoms with Crippen LogP contribution in [0.4, 0.5) is 17.1 Å². The molecule has 3 aliphatic carbocycles. The number of hydrogen-bond donors (Lipinski definition) is 0. The molecule has 12 aromatic carbocycles. The number of rotatable bonds is 6. The summed E-state index contributed by atoms with van der Waals surface area (Å²) in [6.07, 6.45) is 0. The molecule has 0 amide bonds. The molecule has 1 nitrogen and oxygen atoms in total. The monoisotopic (exact) mass is 944 g/mol. The lowest BCUT2D eigenvalue weighted by atomic mass is 9.70. The van der Waals surface area contributed by atoms with Crippen molar-refractivity contribution < 1.29 is 23.3 Å². The summed E-state index contributed by atoms with van der Waals surface area (Å²) in [6.45, 7) is 4.41. The number of benzene rings is 12. The van der Waals surface area contributed by atoms with Gasteiger partial charge >= 0.3 is 0 Å². The number of anilines is 3. The van der Waals surface area contributed by atoms with Gasteiger partial charge in [-0.15, -0.1) is 0 Å². The molecule has 1 heteroatoms. The Labute approximate surface area is 450 Å². The van der Waals surface area contributed by atoms with Crippen molar-refractivity contribution in [3.05, 3.63) is 294 Å². The predicted molar refractivity (Wildman–Crippen MR) is 306 cm³/mol. The maximum atomic E-state index is 10.3. The van der Waals surface area contributed by atoms with E-state index in [4.69, 9.17) is 9.60 Å². The van der Waals surface area contributed by atoms with Gasteiger partial charge in [0.2, 0.25) is 0 Å². The highest BCUT2D eigenvalue weighted by molar-refractivity contribution is 6.06. The van der Waals surface area contributed by atoms with Gasteiger partial charge in [0.25, 0.3) is 0 Å².